The number of nitrogens with one attached hydrogen (secondary N) is 1. The van der Waals surface area contributed by atoms with Crippen molar-refractivity contribution in [2.75, 3.05) is 20.3 Å². The molecule has 0 bridgehead atoms. The smallest absolute Gasteiger partial charge is 0.251 e. The van der Waals surface area contributed by atoms with Crippen molar-refractivity contribution in [3.63, 3.8) is 0 Å². The minimum atomic E-state index is -0.258. The quantitative estimate of drug-likeness (QED) is 0.814. The van der Waals surface area contributed by atoms with Crippen LogP contribution < -0.4 is 10.1 Å². The molecule has 1 amide bonds. The number of carbonyl (C=O) groups excluding carboxylic acids is 1. The van der Waals surface area contributed by atoms with E-state index in [0.29, 0.717) is 22.9 Å². The van der Waals surface area contributed by atoms with E-state index in [1.54, 1.807) is 18.2 Å². The Morgan fingerprint density at radius 1 is 1.40 bits per heavy atom. The van der Waals surface area contributed by atoms with Crippen LogP contribution in [0.15, 0.2) is 18.2 Å². The highest BCUT2D eigenvalue weighted by Crippen LogP contribution is 2.26. The molecule has 5 heteroatoms. The lowest BCUT2D eigenvalue weighted by atomic mass is 9.83. The summed E-state index contributed by atoms with van der Waals surface area (Å²) in [6.45, 7) is 4.53. The van der Waals surface area contributed by atoms with Crippen LogP contribution in [-0.4, -0.2) is 31.3 Å². The van der Waals surface area contributed by atoms with E-state index in [4.69, 9.17) is 16.3 Å². The molecule has 0 saturated carbocycles. The molecular weight excluding hydrogens is 278 g/mol. The van der Waals surface area contributed by atoms with E-state index in [-0.39, 0.29) is 17.9 Å². The molecule has 1 aromatic rings. The normalized spacial score (nSPS) is 11.2. The number of ether oxygens (including phenoxy) is 1. The summed E-state index contributed by atoms with van der Waals surface area (Å²) in [5.41, 5.74) is 0.233. The van der Waals surface area contributed by atoms with E-state index in [1.165, 1.54) is 7.11 Å². The first-order valence-electron chi connectivity index (χ1n) is 6.74. The van der Waals surface area contributed by atoms with Crippen molar-refractivity contribution in [2.45, 2.75) is 26.7 Å². The molecule has 0 saturated heterocycles. The van der Waals surface area contributed by atoms with Gasteiger partial charge in [0.25, 0.3) is 5.91 Å². The minimum absolute atomic E-state index is 0.0597. The van der Waals surface area contributed by atoms with Crippen molar-refractivity contribution in [3.05, 3.63) is 28.8 Å². The predicted octanol–water partition coefficient (Wildman–Crippen LogP) is 2.88. The molecular formula is C15H22ClNO3. The first-order chi connectivity index (χ1) is 9.51. The molecule has 0 aromatic heterocycles. The van der Waals surface area contributed by atoms with Crippen LogP contribution in [0.3, 0.4) is 0 Å². The maximum atomic E-state index is 12.1. The van der Waals surface area contributed by atoms with Crippen LogP contribution in [0.4, 0.5) is 0 Å². The Bertz CT molecular complexity index is 450. The van der Waals surface area contributed by atoms with E-state index in [1.807, 2.05) is 13.8 Å². The summed E-state index contributed by atoms with van der Waals surface area (Å²) in [7, 11) is 1.51. The minimum Gasteiger partial charge on any atom is -0.495 e. The third kappa shape index (κ3) is 3.87. The lowest BCUT2D eigenvalue weighted by Gasteiger charge is -2.29. The van der Waals surface area contributed by atoms with Gasteiger partial charge in [-0.15, -0.1) is 0 Å². The molecule has 20 heavy (non-hydrogen) atoms. The maximum absolute atomic E-state index is 12.1. The van der Waals surface area contributed by atoms with Crippen LogP contribution in [0.25, 0.3) is 0 Å². The third-order valence-electron chi connectivity index (χ3n) is 3.87. The fourth-order valence-electron chi connectivity index (χ4n) is 1.95. The Morgan fingerprint density at radius 2 is 2.05 bits per heavy atom. The van der Waals surface area contributed by atoms with Gasteiger partial charge in [-0.05, 0) is 31.0 Å². The second kappa shape index (κ2) is 7.50. The highest BCUT2D eigenvalue weighted by atomic mass is 35.5. The number of aliphatic hydroxyl groups is 1. The summed E-state index contributed by atoms with van der Waals surface area (Å²) in [4.78, 5) is 12.1. The average Bonchev–Trinajstić information content (AvgIpc) is 2.49. The molecule has 0 heterocycles. The molecule has 0 aliphatic heterocycles. The van der Waals surface area contributed by atoms with Gasteiger partial charge in [-0.3, -0.25) is 4.79 Å². The zero-order valence-corrected chi connectivity index (χ0v) is 13.0. The van der Waals surface area contributed by atoms with Crippen molar-refractivity contribution in [2.24, 2.45) is 5.41 Å². The van der Waals surface area contributed by atoms with E-state index in [0.717, 1.165) is 12.8 Å². The number of amides is 1. The first kappa shape index (κ1) is 16.8. The Morgan fingerprint density at radius 3 is 2.55 bits per heavy atom. The van der Waals surface area contributed by atoms with Crippen molar-refractivity contribution in [1.82, 2.24) is 5.32 Å². The van der Waals surface area contributed by atoms with Crippen LogP contribution in [-0.2, 0) is 0 Å². The van der Waals surface area contributed by atoms with E-state index in [9.17, 15) is 9.90 Å². The number of rotatable bonds is 7. The first-order valence-corrected chi connectivity index (χ1v) is 7.12. The molecule has 1 aromatic carbocycles. The number of carbonyl (C=O) groups is 1. The van der Waals surface area contributed by atoms with Gasteiger partial charge in [0.1, 0.15) is 5.75 Å². The monoisotopic (exact) mass is 299 g/mol. The molecule has 0 spiro atoms. The number of benzene rings is 1. The van der Waals surface area contributed by atoms with Gasteiger partial charge in [0, 0.05) is 17.5 Å². The number of methoxy groups -OCH3 is 1. The van der Waals surface area contributed by atoms with Crippen LogP contribution in [0.1, 0.15) is 37.0 Å². The summed E-state index contributed by atoms with van der Waals surface area (Å²) >= 11 is 5.93. The largest absolute Gasteiger partial charge is 0.495 e. The number of hydrogen-bond acceptors (Lipinski definition) is 3. The van der Waals surface area contributed by atoms with E-state index >= 15 is 0 Å². The van der Waals surface area contributed by atoms with Crippen molar-refractivity contribution < 1.29 is 14.6 Å². The van der Waals surface area contributed by atoms with Gasteiger partial charge in [-0.1, -0.05) is 25.4 Å². The molecule has 1 rings (SSSR count). The predicted molar refractivity (Wildman–Crippen MR) is 80.4 cm³/mol. The van der Waals surface area contributed by atoms with Gasteiger partial charge in [0.2, 0.25) is 0 Å². The van der Waals surface area contributed by atoms with E-state index < -0.39 is 0 Å². The molecule has 0 fully saturated rings. The second-order valence-corrected chi connectivity index (χ2v) is 5.30. The van der Waals surface area contributed by atoms with Gasteiger partial charge in [-0.25, -0.2) is 0 Å². The molecule has 112 valence electrons. The average molecular weight is 300 g/mol. The standard InChI is InChI=1S/C15H22ClNO3/c1-4-15(5-2,10-18)9-17-14(19)11-6-7-12(16)13(8-11)20-3/h6-8,18H,4-5,9-10H2,1-3H3,(H,17,19). The number of halogens is 1. The fourth-order valence-corrected chi connectivity index (χ4v) is 2.15. The van der Waals surface area contributed by atoms with Crippen molar-refractivity contribution in [1.29, 1.82) is 0 Å². The Hall–Kier alpha value is -1.26. The fraction of sp³-hybridized carbons (Fsp3) is 0.533. The van der Waals surface area contributed by atoms with Crippen LogP contribution in [0, 0.1) is 5.41 Å². The summed E-state index contributed by atoms with van der Waals surface area (Å²) < 4.78 is 5.09. The lowest BCUT2D eigenvalue weighted by Crippen LogP contribution is -2.39. The molecule has 0 aliphatic carbocycles. The Balaban J connectivity index is 2.76. The SMILES string of the molecule is CCC(CC)(CO)CNC(=O)c1ccc(Cl)c(OC)c1. The molecule has 2 N–H and O–H groups in total. The summed E-state index contributed by atoms with van der Waals surface area (Å²) in [5, 5.41) is 12.8. The third-order valence-corrected chi connectivity index (χ3v) is 4.18. The van der Waals surface area contributed by atoms with Gasteiger partial charge in [0.15, 0.2) is 0 Å². The van der Waals surface area contributed by atoms with Crippen molar-refractivity contribution >= 4 is 17.5 Å². The van der Waals surface area contributed by atoms with Crippen LogP contribution >= 0.6 is 11.6 Å². The zero-order chi connectivity index (χ0) is 15.2. The van der Waals surface area contributed by atoms with Gasteiger partial charge in [-0.2, -0.15) is 0 Å². The van der Waals surface area contributed by atoms with E-state index in [2.05, 4.69) is 5.32 Å². The number of hydrogen-bond donors (Lipinski definition) is 2. The molecule has 0 atom stereocenters. The summed E-state index contributed by atoms with van der Waals surface area (Å²) in [5.74, 6) is 0.276. The van der Waals surface area contributed by atoms with Crippen molar-refractivity contribution in [3.8, 4) is 5.75 Å². The van der Waals surface area contributed by atoms with Crippen LogP contribution in [0.5, 0.6) is 5.75 Å². The zero-order valence-electron chi connectivity index (χ0n) is 12.2. The highest BCUT2D eigenvalue weighted by Gasteiger charge is 2.26. The van der Waals surface area contributed by atoms with Gasteiger partial charge < -0.3 is 15.2 Å². The van der Waals surface area contributed by atoms with Gasteiger partial charge in [0.05, 0.1) is 18.7 Å². The number of aliphatic hydroxyl groups excluding tert-OH is 1. The highest BCUT2D eigenvalue weighted by molar-refractivity contribution is 6.32. The topological polar surface area (TPSA) is 58.6 Å². The summed E-state index contributed by atoms with van der Waals surface area (Å²) in [6, 6.07) is 4.89. The molecule has 0 aliphatic rings. The lowest BCUT2D eigenvalue weighted by molar-refractivity contribution is 0.0851. The molecule has 0 unspecified atom stereocenters. The van der Waals surface area contributed by atoms with Gasteiger partial charge >= 0.3 is 0 Å². The Kier molecular flexibility index (Phi) is 6.30. The molecule has 0 radical (unpaired) electrons. The Labute approximate surface area is 125 Å². The molecule has 4 nitrogen and oxygen atoms in total. The summed E-state index contributed by atoms with van der Waals surface area (Å²) in [6.07, 6.45) is 1.62. The second-order valence-electron chi connectivity index (χ2n) is 4.90. The maximum Gasteiger partial charge on any atom is 0.251 e. The van der Waals surface area contributed by atoms with Crippen LogP contribution in [0.2, 0.25) is 5.02 Å².